The highest BCUT2D eigenvalue weighted by Crippen LogP contribution is 2.02. The molecule has 94 valence electrons. The molecule has 0 fully saturated rings. The number of carbonyl (C=O) groups excluding carboxylic acids is 1. The smallest absolute Gasteiger partial charge is 0.269 e. The Morgan fingerprint density at radius 3 is 2.94 bits per heavy atom. The molecule has 1 aromatic rings. The van der Waals surface area contributed by atoms with E-state index in [0.717, 1.165) is 0 Å². The third-order valence-electron chi connectivity index (χ3n) is 2.46. The Balaban J connectivity index is 2.63. The molecule has 4 N–H and O–H groups in total. The van der Waals surface area contributed by atoms with Gasteiger partial charge < -0.3 is 20.8 Å². The molecule has 17 heavy (non-hydrogen) atoms. The number of rotatable bonds is 5. The Labute approximate surface area is 99.3 Å². The Morgan fingerprint density at radius 1 is 1.76 bits per heavy atom. The van der Waals surface area contributed by atoms with Crippen LogP contribution < -0.4 is 11.1 Å². The first-order chi connectivity index (χ1) is 8.08. The van der Waals surface area contributed by atoms with Crippen molar-refractivity contribution >= 4 is 11.7 Å². The highest BCUT2D eigenvalue weighted by atomic mass is 16.4. The zero-order chi connectivity index (χ0) is 12.8. The van der Waals surface area contributed by atoms with Gasteiger partial charge in [-0.05, 0) is 6.42 Å². The minimum Gasteiger partial charge on any atom is -0.409 e. The van der Waals surface area contributed by atoms with Gasteiger partial charge in [-0.3, -0.25) is 4.79 Å². The van der Waals surface area contributed by atoms with E-state index >= 15 is 0 Å². The largest absolute Gasteiger partial charge is 0.409 e. The number of oxime groups is 1. The van der Waals surface area contributed by atoms with Crippen LogP contribution in [0.15, 0.2) is 17.7 Å². The van der Waals surface area contributed by atoms with E-state index in [9.17, 15) is 4.79 Å². The highest BCUT2D eigenvalue weighted by molar-refractivity contribution is 5.93. The summed E-state index contributed by atoms with van der Waals surface area (Å²) in [5.41, 5.74) is 5.88. The second kappa shape index (κ2) is 5.88. The molecule has 0 radical (unpaired) electrons. The van der Waals surface area contributed by atoms with Crippen LogP contribution in [0.3, 0.4) is 0 Å². The van der Waals surface area contributed by atoms with Gasteiger partial charge in [-0.2, -0.15) is 0 Å². The molecule has 1 heterocycles. The number of amidine groups is 1. The van der Waals surface area contributed by atoms with Crippen LogP contribution >= 0.6 is 0 Å². The SMILES string of the molecule is CCC(CC(N)=NO)NC(=O)c1cncn1C. The lowest BCUT2D eigenvalue weighted by Gasteiger charge is -2.16. The summed E-state index contributed by atoms with van der Waals surface area (Å²) in [5.74, 6) is -0.121. The van der Waals surface area contributed by atoms with Crippen molar-refractivity contribution in [3.8, 4) is 0 Å². The number of nitrogens with two attached hydrogens (primary N) is 1. The van der Waals surface area contributed by atoms with Crippen molar-refractivity contribution < 1.29 is 10.0 Å². The number of nitrogens with zero attached hydrogens (tertiary/aromatic N) is 3. The van der Waals surface area contributed by atoms with Crippen molar-refractivity contribution in [3.05, 3.63) is 18.2 Å². The van der Waals surface area contributed by atoms with Gasteiger partial charge in [0.05, 0.1) is 12.5 Å². The quantitative estimate of drug-likeness (QED) is 0.292. The van der Waals surface area contributed by atoms with E-state index in [1.165, 1.54) is 6.20 Å². The van der Waals surface area contributed by atoms with Crippen molar-refractivity contribution in [2.45, 2.75) is 25.8 Å². The zero-order valence-electron chi connectivity index (χ0n) is 9.92. The van der Waals surface area contributed by atoms with E-state index in [4.69, 9.17) is 10.9 Å². The first kappa shape index (κ1) is 13.0. The molecule has 1 aromatic heterocycles. The fraction of sp³-hybridized carbons (Fsp3) is 0.500. The summed E-state index contributed by atoms with van der Waals surface area (Å²) < 4.78 is 1.63. The van der Waals surface area contributed by atoms with E-state index in [-0.39, 0.29) is 17.8 Å². The normalized spacial score (nSPS) is 13.4. The summed E-state index contributed by atoms with van der Waals surface area (Å²) in [7, 11) is 1.74. The van der Waals surface area contributed by atoms with Crippen LogP contribution in [0.1, 0.15) is 30.3 Å². The summed E-state index contributed by atoms with van der Waals surface area (Å²) >= 11 is 0. The Hall–Kier alpha value is -2.05. The maximum absolute atomic E-state index is 11.9. The lowest BCUT2D eigenvalue weighted by Crippen LogP contribution is -2.38. The molecule has 0 saturated carbocycles. The number of aryl methyl sites for hydroxylation is 1. The van der Waals surface area contributed by atoms with E-state index in [1.54, 1.807) is 17.9 Å². The van der Waals surface area contributed by atoms with Gasteiger partial charge in [0, 0.05) is 19.5 Å². The van der Waals surface area contributed by atoms with Crippen molar-refractivity contribution in [2.24, 2.45) is 17.9 Å². The van der Waals surface area contributed by atoms with Gasteiger partial charge in [0.25, 0.3) is 5.91 Å². The van der Waals surface area contributed by atoms with Crippen LogP contribution in [-0.2, 0) is 7.05 Å². The van der Waals surface area contributed by atoms with Gasteiger partial charge in [0.1, 0.15) is 11.5 Å². The molecule has 1 rings (SSSR count). The van der Waals surface area contributed by atoms with Gasteiger partial charge in [0.2, 0.25) is 0 Å². The van der Waals surface area contributed by atoms with Crippen molar-refractivity contribution in [2.75, 3.05) is 0 Å². The van der Waals surface area contributed by atoms with E-state index in [0.29, 0.717) is 18.5 Å². The molecule has 1 atom stereocenters. The molecule has 0 spiro atoms. The molecule has 1 unspecified atom stereocenters. The predicted molar refractivity (Wildman–Crippen MR) is 62.8 cm³/mol. The first-order valence-corrected chi connectivity index (χ1v) is 5.32. The standard InChI is InChI=1S/C10H17N5O2/c1-3-7(4-9(11)14-17)13-10(16)8-5-12-6-15(8)2/h5-7,17H,3-4H2,1-2H3,(H2,11,14)(H,13,16). The number of imidazole rings is 1. The van der Waals surface area contributed by atoms with E-state index in [1.807, 2.05) is 6.92 Å². The summed E-state index contributed by atoms with van der Waals surface area (Å²) in [4.78, 5) is 15.7. The average molecular weight is 239 g/mol. The third-order valence-corrected chi connectivity index (χ3v) is 2.46. The van der Waals surface area contributed by atoms with Crippen LogP contribution in [0.5, 0.6) is 0 Å². The first-order valence-electron chi connectivity index (χ1n) is 5.32. The number of hydrogen-bond donors (Lipinski definition) is 3. The third kappa shape index (κ3) is 3.47. The Morgan fingerprint density at radius 2 is 2.47 bits per heavy atom. The predicted octanol–water partition coefficient (Wildman–Crippen LogP) is 0.0650. The van der Waals surface area contributed by atoms with Gasteiger partial charge >= 0.3 is 0 Å². The molecule has 1 amide bonds. The van der Waals surface area contributed by atoms with Crippen molar-refractivity contribution in [1.82, 2.24) is 14.9 Å². The molecule has 0 aromatic carbocycles. The van der Waals surface area contributed by atoms with Crippen LogP contribution in [0.2, 0.25) is 0 Å². The van der Waals surface area contributed by atoms with Crippen LogP contribution in [0.4, 0.5) is 0 Å². The maximum Gasteiger partial charge on any atom is 0.269 e. The van der Waals surface area contributed by atoms with Crippen LogP contribution in [-0.4, -0.2) is 32.5 Å². The molecular weight excluding hydrogens is 222 g/mol. The van der Waals surface area contributed by atoms with E-state index < -0.39 is 0 Å². The molecule has 0 aliphatic carbocycles. The zero-order valence-corrected chi connectivity index (χ0v) is 9.92. The highest BCUT2D eigenvalue weighted by Gasteiger charge is 2.15. The number of hydrogen-bond acceptors (Lipinski definition) is 4. The second-order valence-corrected chi connectivity index (χ2v) is 3.76. The number of nitrogens with one attached hydrogen (secondary N) is 1. The van der Waals surface area contributed by atoms with E-state index in [2.05, 4.69) is 15.5 Å². The van der Waals surface area contributed by atoms with Crippen molar-refractivity contribution in [1.29, 1.82) is 0 Å². The second-order valence-electron chi connectivity index (χ2n) is 3.76. The van der Waals surface area contributed by atoms with Gasteiger partial charge in [0.15, 0.2) is 0 Å². The van der Waals surface area contributed by atoms with Gasteiger partial charge in [-0.1, -0.05) is 12.1 Å². The summed E-state index contributed by atoms with van der Waals surface area (Å²) in [6.45, 7) is 1.92. The van der Waals surface area contributed by atoms with Gasteiger partial charge in [-0.15, -0.1) is 0 Å². The summed E-state index contributed by atoms with van der Waals surface area (Å²) in [6.07, 6.45) is 4.06. The molecular formula is C10H17N5O2. The van der Waals surface area contributed by atoms with Crippen LogP contribution in [0, 0.1) is 0 Å². The minimum absolute atomic E-state index is 0.0992. The average Bonchev–Trinajstić information content (AvgIpc) is 2.74. The molecule has 7 heteroatoms. The summed E-state index contributed by atoms with van der Waals surface area (Å²) in [6, 6.07) is -0.159. The maximum atomic E-state index is 11.9. The molecule has 0 aliphatic rings. The Bertz CT molecular complexity index is 413. The fourth-order valence-electron chi connectivity index (χ4n) is 1.43. The minimum atomic E-state index is -0.220. The molecule has 0 bridgehead atoms. The summed E-state index contributed by atoms with van der Waals surface area (Å²) in [5, 5.41) is 14.2. The lowest BCUT2D eigenvalue weighted by atomic mass is 10.1. The Kier molecular flexibility index (Phi) is 4.50. The van der Waals surface area contributed by atoms with Gasteiger partial charge in [-0.25, -0.2) is 4.98 Å². The fourth-order valence-corrected chi connectivity index (χ4v) is 1.43. The number of aromatic nitrogens is 2. The lowest BCUT2D eigenvalue weighted by molar-refractivity contribution is 0.0928. The topological polar surface area (TPSA) is 106 Å². The number of amides is 1. The monoisotopic (exact) mass is 239 g/mol. The number of carbonyl (C=O) groups is 1. The molecule has 0 aliphatic heterocycles. The van der Waals surface area contributed by atoms with Crippen molar-refractivity contribution in [3.63, 3.8) is 0 Å². The molecule has 0 saturated heterocycles. The molecule has 7 nitrogen and oxygen atoms in total. The van der Waals surface area contributed by atoms with Crippen LogP contribution in [0.25, 0.3) is 0 Å².